The monoisotopic (exact) mass is 286 g/mol. The number of nitrogens with zero attached hydrogens (tertiary/aromatic N) is 1. The number of anilines is 1. The summed E-state index contributed by atoms with van der Waals surface area (Å²) in [5.74, 6) is -0.386. The maximum Gasteiger partial charge on any atom is 0.130 e. The minimum Gasteiger partial charge on any atom is -0.399 e. The Labute approximate surface area is 121 Å². The number of hydrogen-bond acceptors (Lipinski definition) is 2. The number of benzene rings is 2. The average molecular weight is 287 g/mol. The maximum atomic E-state index is 13.9. The number of hydrogen-bond donors (Lipinski definition) is 1. The van der Waals surface area contributed by atoms with Gasteiger partial charge < -0.3 is 5.73 Å². The van der Waals surface area contributed by atoms with Gasteiger partial charge in [0, 0.05) is 34.3 Å². The van der Waals surface area contributed by atoms with Crippen molar-refractivity contribution in [3.05, 3.63) is 70.6 Å². The van der Waals surface area contributed by atoms with Crippen LogP contribution in [0.5, 0.6) is 0 Å². The first-order valence-corrected chi connectivity index (χ1v) is 6.58. The Hall–Kier alpha value is -2.13. The second kappa shape index (κ2) is 5.10. The summed E-state index contributed by atoms with van der Waals surface area (Å²) in [4.78, 5) is 4.36. The van der Waals surface area contributed by atoms with Crippen molar-refractivity contribution < 1.29 is 4.39 Å². The van der Waals surface area contributed by atoms with Crippen LogP contribution in [0.15, 0.2) is 48.7 Å². The molecule has 0 saturated heterocycles. The van der Waals surface area contributed by atoms with E-state index in [1.165, 1.54) is 6.07 Å². The molecule has 100 valence electrons. The fraction of sp³-hybridized carbons (Fsp3) is 0.0625. The molecule has 4 heteroatoms. The number of aromatic nitrogens is 1. The molecule has 0 spiro atoms. The van der Waals surface area contributed by atoms with Crippen LogP contribution >= 0.6 is 11.6 Å². The maximum absolute atomic E-state index is 13.9. The summed E-state index contributed by atoms with van der Waals surface area (Å²) in [6, 6.07) is 12.7. The van der Waals surface area contributed by atoms with Gasteiger partial charge in [-0.15, -0.1) is 0 Å². The zero-order valence-corrected chi connectivity index (χ0v) is 11.4. The molecule has 3 aromatic rings. The van der Waals surface area contributed by atoms with Crippen molar-refractivity contribution in [3.8, 4) is 0 Å². The quantitative estimate of drug-likeness (QED) is 0.717. The summed E-state index contributed by atoms with van der Waals surface area (Å²) in [5.41, 5.74) is 8.16. The van der Waals surface area contributed by atoms with Gasteiger partial charge in [0.05, 0.1) is 5.52 Å². The molecule has 0 bridgehead atoms. The predicted octanol–water partition coefficient (Wildman–Crippen LogP) is 4.20. The summed E-state index contributed by atoms with van der Waals surface area (Å²) >= 11 is 6.06. The fourth-order valence-electron chi connectivity index (χ4n) is 2.21. The van der Waals surface area contributed by atoms with Crippen molar-refractivity contribution >= 4 is 28.2 Å². The molecule has 2 N–H and O–H groups in total. The van der Waals surface area contributed by atoms with Gasteiger partial charge in [0.25, 0.3) is 0 Å². The van der Waals surface area contributed by atoms with E-state index in [9.17, 15) is 4.39 Å². The van der Waals surface area contributed by atoms with Gasteiger partial charge in [-0.05, 0) is 29.8 Å². The first-order chi connectivity index (χ1) is 9.63. The Bertz CT molecular complexity index is 763. The SMILES string of the molecule is Nc1cc(F)c(Cc2cnc3ccccc3c2)c(Cl)c1. The average Bonchev–Trinajstić information content (AvgIpc) is 2.42. The predicted molar refractivity (Wildman–Crippen MR) is 80.4 cm³/mol. The van der Waals surface area contributed by atoms with Crippen LogP contribution in [-0.4, -0.2) is 4.98 Å². The van der Waals surface area contributed by atoms with Crippen molar-refractivity contribution in [2.24, 2.45) is 0 Å². The number of fused-ring (bicyclic) bond motifs is 1. The van der Waals surface area contributed by atoms with Crippen LogP contribution in [0, 0.1) is 5.82 Å². The smallest absolute Gasteiger partial charge is 0.130 e. The van der Waals surface area contributed by atoms with Crippen molar-refractivity contribution in [2.75, 3.05) is 5.73 Å². The Morgan fingerprint density at radius 2 is 1.95 bits per heavy atom. The molecular formula is C16H12ClFN2. The molecular weight excluding hydrogens is 275 g/mol. The number of nitrogens with two attached hydrogens (primary N) is 1. The zero-order valence-electron chi connectivity index (χ0n) is 10.6. The van der Waals surface area contributed by atoms with Gasteiger partial charge in [0.15, 0.2) is 0 Å². The highest BCUT2D eigenvalue weighted by molar-refractivity contribution is 6.31. The second-order valence-electron chi connectivity index (χ2n) is 4.68. The van der Waals surface area contributed by atoms with E-state index in [0.29, 0.717) is 22.7 Å². The van der Waals surface area contributed by atoms with E-state index in [4.69, 9.17) is 17.3 Å². The summed E-state index contributed by atoms with van der Waals surface area (Å²) in [7, 11) is 0. The third-order valence-electron chi connectivity index (χ3n) is 3.19. The van der Waals surface area contributed by atoms with Crippen molar-refractivity contribution in [1.29, 1.82) is 0 Å². The molecule has 0 aliphatic rings. The van der Waals surface area contributed by atoms with Gasteiger partial charge in [0.1, 0.15) is 5.82 Å². The van der Waals surface area contributed by atoms with Crippen LogP contribution in [0.1, 0.15) is 11.1 Å². The molecule has 0 radical (unpaired) electrons. The van der Waals surface area contributed by atoms with E-state index < -0.39 is 0 Å². The second-order valence-corrected chi connectivity index (χ2v) is 5.08. The van der Waals surface area contributed by atoms with E-state index in [0.717, 1.165) is 16.5 Å². The highest BCUT2D eigenvalue weighted by atomic mass is 35.5. The van der Waals surface area contributed by atoms with Crippen LogP contribution in [0.3, 0.4) is 0 Å². The number of halogens is 2. The van der Waals surface area contributed by atoms with Gasteiger partial charge in [-0.1, -0.05) is 29.8 Å². The lowest BCUT2D eigenvalue weighted by Crippen LogP contribution is -1.97. The number of para-hydroxylation sites is 1. The van der Waals surface area contributed by atoms with Crippen molar-refractivity contribution in [2.45, 2.75) is 6.42 Å². The molecule has 0 aliphatic heterocycles. The lowest BCUT2D eigenvalue weighted by atomic mass is 10.0. The van der Waals surface area contributed by atoms with E-state index in [1.807, 2.05) is 30.3 Å². The van der Waals surface area contributed by atoms with Gasteiger partial charge in [0.2, 0.25) is 0 Å². The van der Waals surface area contributed by atoms with Crippen LogP contribution < -0.4 is 5.73 Å². The van der Waals surface area contributed by atoms with Gasteiger partial charge in [-0.2, -0.15) is 0 Å². The van der Waals surface area contributed by atoms with E-state index in [1.54, 1.807) is 12.3 Å². The molecule has 0 atom stereocenters. The number of rotatable bonds is 2. The molecule has 2 aromatic carbocycles. The van der Waals surface area contributed by atoms with Gasteiger partial charge >= 0.3 is 0 Å². The lowest BCUT2D eigenvalue weighted by molar-refractivity contribution is 0.615. The summed E-state index contributed by atoms with van der Waals surface area (Å²) in [5, 5.41) is 1.37. The minimum absolute atomic E-state index is 0.327. The Balaban J connectivity index is 2.01. The molecule has 0 aliphatic carbocycles. The van der Waals surface area contributed by atoms with Crippen LogP contribution in [0.4, 0.5) is 10.1 Å². The third-order valence-corrected chi connectivity index (χ3v) is 3.53. The molecule has 0 unspecified atom stereocenters. The summed E-state index contributed by atoms with van der Waals surface area (Å²) in [6.45, 7) is 0. The molecule has 0 saturated carbocycles. The first kappa shape index (κ1) is 12.9. The van der Waals surface area contributed by atoms with Crippen LogP contribution in [-0.2, 0) is 6.42 Å². The minimum atomic E-state index is -0.386. The normalized spacial score (nSPS) is 10.9. The zero-order chi connectivity index (χ0) is 14.1. The van der Waals surface area contributed by atoms with Crippen LogP contribution in [0.2, 0.25) is 5.02 Å². The highest BCUT2D eigenvalue weighted by Gasteiger charge is 2.10. The largest absolute Gasteiger partial charge is 0.399 e. The summed E-state index contributed by atoms with van der Waals surface area (Å²) < 4.78 is 13.9. The first-order valence-electron chi connectivity index (χ1n) is 6.20. The Morgan fingerprint density at radius 3 is 2.75 bits per heavy atom. The standard InChI is InChI=1S/C16H12ClFN2/c17-14-7-12(19)8-15(18)13(14)6-10-5-11-3-1-2-4-16(11)20-9-10/h1-5,7-9H,6,19H2. The van der Waals surface area contributed by atoms with E-state index >= 15 is 0 Å². The molecule has 0 amide bonds. The lowest BCUT2D eigenvalue weighted by Gasteiger charge is -2.08. The molecule has 1 aromatic heterocycles. The summed E-state index contributed by atoms with van der Waals surface area (Å²) in [6.07, 6.45) is 2.14. The van der Waals surface area contributed by atoms with Gasteiger partial charge in [-0.3, -0.25) is 4.98 Å². The molecule has 3 rings (SSSR count). The molecule has 2 nitrogen and oxygen atoms in total. The molecule has 0 fully saturated rings. The number of nitrogen functional groups attached to an aromatic ring is 1. The van der Waals surface area contributed by atoms with Crippen molar-refractivity contribution in [1.82, 2.24) is 4.98 Å². The van der Waals surface area contributed by atoms with E-state index in [2.05, 4.69) is 4.98 Å². The third kappa shape index (κ3) is 2.45. The fourth-order valence-corrected chi connectivity index (χ4v) is 2.49. The Morgan fingerprint density at radius 1 is 1.15 bits per heavy atom. The number of pyridine rings is 1. The topological polar surface area (TPSA) is 38.9 Å². The Kier molecular flexibility index (Phi) is 3.28. The molecule has 20 heavy (non-hydrogen) atoms. The van der Waals surface area contributed by atoms with Crippen LogP contribution in [0.25, 0.3) is 10.9 Å². The van der Waals surface area contributed by atoms with Gasteiger partial charge in [-0.25, -0.2) is 4.39 Å². The molecule has 1 heterocycles. The highest BCUT2D eigenvalue weighted by Crippen LogP contribution is 2.26. The van der Waals surface area contributed by atoms with Crippen molar-refractivity contribution in [3.63, 3.8) is 0 Å². The van der Waals surface area contributed by atoms with E-state index in [-0.39, 0.29) is 5.82 Å².